The number of likely N-dealkylation sites (N-methyl/N-ethyl adjacent to an activating group) is 1. The number of anilines is 1. The summed E-state index contributed by atoms with van der Waals surface area (Å²) in [6.45, 7) is 11.0. The zero-order chi connectivity index (χ0) is 11.8. The molecule has 0 radical (unpaired) electrons. The normalized spacial score (nSPS) is 18.0. The van der Waals surface area contributed by atoms with Crippen molar-refractivity contribution in [2.75, 3.05) is 38.1 Å². The first-order valence-corrected chi connectivity index (χ1v) is 5.96. The van der Waals surface area contributed by atoms with Gasteiger partial charge in [-0.3, -0.25) is 0 Å². The fraction of sp³-hybridized carbons (Fsp3) is 0.769. The molecule has 17 heavy (non-hydrogen) atoms. The van der Waals surface area contributed by atoms with Gasteiger partial charge in [0.2, 0.25) is 5.95 Å². The molecular formula is C13H26N4. The van der Waals surface area contributed by atoms with Gasteiger partial charge in [-0.05, 0) is 7.05 Å². The minimum atomic E-state index is 0. The summed E-state index contributed by atoms with van der Waals surface area (Å²) in [4.78, 5) is 12.6. The Labute approximate surface area is 105 Å². The molecule has 1 N–H and O–H groups in total. The topological polar surface area (TPSA) is 35.2 Å². The van der Waals surface area contributed by atoms with Crippen LogP contribution in [0, 0.1) is 0 Å². The highest BCUT2D eigenvalue weighted by molar-refractivity contribution is 5.33. The van der Waals surface area contributed by atoms with Crippen molar-refractivity contribution < 1.29 is 0 Å². The molecule has 2 heterocycles. The van der Waals surface area contributed by atoms with Gasteiger partial charge in [0.05, 0.1) is 6.20 Å². The standard InChI is InChI=1S/C12H22N4.CH4/c1-12(2,3)10-9-13-11(14-10)16-7-5-15(4)6-8-16;/h9H,5-8H2,1-4H3,(H,13,14);1H4. The minimum Gasteiger partial charge on any atom is -0.340 e. The van der Waals surface area contributed by atoms with E-state index in [0.717, 1.165) is 32.1 Å². The number of rotatable bonds is 1. The Morgan fingerprint density at radius 2 is 1.76 bits per heavy atom. The molecule has 0 spiro atoms. The smallest absolute Gasteiger partial charge is 0.203 e. The average molecular weight is 238 g/mol. The van der Waals surface area contributed by atoms with E-state index in [0.29, 0.717) is 0 Å². The van der Waals surface area contributed by atoms with Gasteiger partial charge in [-0.2, -0.15) is 0 Å². The molecule has 0 aromatic carbocycles. The van der Waals surface area contributed by atoms with Gasteiger partial charge in [0.1, 0.15) is 0 Å². The Morgan fingerprint density at radius 3 is 2.24 bits per heavy atom. The number of aromatic amines is 1. The van der Waals surface area contributed by atoms with Gasteiger partial charge < -0.3 is 14.8 Å². The van der Waals surface area contributed by atoms with Crippen LogP contribution in [-0.4, -0.2) is 48.1 Å². The number of H-pyrrole nitrogens is 1. The number of aromatic nitrogens is 2. The maximum atomic E-state index is 4.48. The number of nitrogens with one attached hydrogen (secondary N) is 1. The van der Waals surface area contributed by atoms with Gasteiger partial charge in [0.25, 0.3) is 0 Å². The molecule has 0 bridgehead atoms. The van der Waals surface area contributed by atoms with Crippen LogP contribution in [0.15, 0.2) is 6.20 Å². The van der Waals surface area contributed by atoms with Crippen LogP contribution in [0.1, 0.15) is 33.9 Å². The highest BCUT2D eigenvalue weighted by Crippen LogP contribution is 2.22. The Bertz CT molecular complexity index is 343. The molecule has 1 aliphatic heterocycles. The number of nitrogens with zero attached hydrogens (tertiary/aromatic N) is 3. The third kappa shape index (κ3) is 3.22. The van der Waals surface area contributed by atoms with Crippen LogP contribution in [0.25, 0.3) is 0 Å². The molecule has 0 aliphatic carbocycles. The van der Waals surface area contributed by atoms with Crippen molar-refractivity contribution in [2.45, 2.75) is 33.6 Å². The first kappa shape index (κ1) is 14.0. The van der Waals surface area contributed by atoms with Crippen LogP contribution in [0.3, 0.4) is 0 Å². The second kappa shape index (κ2) is 5.08. The third-order valence-corrected chi connectivity index (χ3v) is 3.17. The number of hydrogen-bond donors (Lipinski definition) is 1. The van der Waals surface area contributed by atoms with Crippen LogP contribution in [-0.2, 0) is 5.41 Å². The summed E-state index contributed by atoms with van der Waals surface area (Å²) in [7, 11) is 2.17. The predicted octanol–water partition coefficient (Wildman–Crippen LogP) is 2.10. The summed E-state index contributed by atoms with van der Waals surface area (Å²) in [6, 6.07) is 0. The fourth-order valence-corrected chi connectivity index (χ4v) is 1.87. The molecule has 1 aromatic rings. The lowest BCUT2D eigenvalue weighted by Crippen LogP contribution is -2.45. The van der Waals surface area contributed by atoms with Gasteiger partial charge in [0.15, 0.2) is 0 Å². The van der Waals surface area contributed by atoms with Crippen molar-refractivity contribution in [1.29, 1.82) is 0 Å². The van der Waals surface area contributed by atoms with E-state index in [1.54, 1.807) is 0 Å². The van der Waals surface area contributed by atoms with Crippen molar-refractivity contribution >= 4 is 5.95 Å². The summed E-state index contributed by atoms with van der Waals surface area (Å²) in [5, 5.41) is 0. The molecule has 1 saturated heterocycles. The lowest BCUT2D eigenvalue weighted by atomic mass is 9.93. The van der Waals surface area contributed by atoms with Crippen molar-refractivity contribution in [3.63, 3.8) is 0 Å². The highest BCUT2D eigenvalue weighted by Gasteiger charge is 2.20. The molecule has 1 fully saturated rings. The van der Waals surface area contributed by atoms with E-state index in [1.807, 2.05) is 6.20 Å². The molecular weight excluding hydrogens is 212 g/mol. The predicted molar refractivity (Wildman–Crippen MR) is 73.7 cm³/mol. The van der Waals surface area contributed by atoms with Gasteiger partial charge in [-0.25, -0.2) is 4.98 Å². The summed E-state index contributed by atoms with van der Waals surface area (Å²) in [5.74, 6) is 1.03. The van der Waals surface area contributed by atoms with E-state index in [9.17, 15) is 0 Å². The van der Waals surface area contributed by atoms with E-state index in [4.69, 9.17) is 0 Å². The maximum absolute atomic E-state index is 4.48. The van der Waals surface area contributed by atoms with Crippen LogP contribution in [0.5, 0.6) is 0 Å². The molecule has 4 heteroatoms. The van der Waals surface area contributed by atoms with Crippen LogP contribution >= 0.6 is 0 Å². The van der Waals surface area contributed by atoms with Crippen molar-refractivity contribution in [1.82, 2.24) is 14.9 Å². The molecule has 1 aliphatic rings. The lowest BCUT2D eigenvalue weighted by Gasteiger charge is -2.32. The van der Waals surface area contributed by atoms with Crippen LogP contribution < -0.4 is 4.90 Å². The zero-order valence-electron chi connectivity index (χ0n) is 10.7. The fourth-order valence-electron chi connectivity index (χ4n) is 1.87. The minimum absolute atomic E-state index is 0. The molecule has 4 nitrogen and oxygen atoms in total. The first-order chi connectivity index (χ1) is 7.47. The van der Waals surface area contributed by atoms with E-state index < -0.39 is 0 Å². The van der Waals surface area contributed by atoms with E-state index in [-0.39, 0.29) is 12.8 Å². The van der Waals surface area contributed by atoms with Crippen molar-refractivity contribution in [3.05, 3.63) is 11.9 Å². The Balaban J connectivity index is 0.00000144. The van der Waals surface area contributed by atoms with E-state index in [1.165, 1.54) is 5.69 Å². The first-order valence-electron chi connectivity index (χ1n) is 5.96. The Hall–Kier alpha value is -1.03. The second-order valence-corrected chi connectivity index (χ2v) is 5.66. The summed E-state index contributed by atoms with van der Waals surface area (Å²) in [6.07, 6.45) is 1.97. The second-order valence-electron chi connectivity index (χ2n) is 5.66. The van der Waals surface area contributed by atoms with Gasteiger partial charge in [-0.1, -0.05) is 28.2 Å². The molecule has 1 aromatic heterocycles. The van der Waals surface area contributed by atoms with Gasteiger partial charge in [0, 0.05) is 37.3 Å². The van der Waals surface area contributed by atoms with Crippen molar-refractivity contribution in [2.24, 2.45) is 0 Å². The maximum Gasteiger partial charge on any atom is 0.203 e. The Kier molecular flexibility index (Phi) is 4.20. The molecule has 2 rings (SSSR count). The molecule has 0 amide bonds. The van der Waals surface area contributed by atoms with Gasteiger partial charge in [-0.15, -0.1) is 0 Å². The van der Waals surface area contributed by atoms with E-state index >= 15 is 0 Å². The zero-order valence-corrected chi connectivity index (χ0v) is 10.7. The molecule has 0 saturated carbocycles. The van der Waals surface area contributed by atoms with Crippen LogP contribution in [0.4, 0.5) is 5.95 Å². The number of piperazine rings is 1. The number of imidazole rings is 1. The largest absolute Gasteiger partial charge is 0.340 e. The van der Waals surface area contributed by atoms with E-state index in [2.05, 4.69) is 47.6 Å². The monoisotopic (exact) mass is 238 g/mol. The summed E-state index contributed by atoms with van der Waals surface area (Å²) < 4.78 is 0. The Morgan fingerprint density at radius 1 is 1.18 bits per heavy atom. The molecule has 0 unspecified atom stereocenters. The van der Waals surface area contributed by atoms with Gasteiger partial charge >= 0.3 is 0 Å². The third-order valence-electron chi connectivity index (χ3n) is 3.17. The quantitative estimate of drug-likeness (QED) is 0.813. The average Bonchev–Trinajstić information content (AvgIpc) is 2.67. The van der Waals surface area contributed by atoms with Crippen molar-refractivity contribution in [3.8, 4) is 0 Å². The summed E-state index contributed by atoms with van der Waals surface area (Å²) >= 11 is 0. The van der Waals surface area contributed by atoms with Crippen LogP contribution in [0.2, 0.25) is 0 Å². The number of hydrogen-bond acceptors (Lipinski definition) is 3. The lowest BCUT2D eigenvalue weighted by molar-refractivity contribution is 0.311. The SMILES string of the molecule is C.CN1CCN(c2ncc(C(C)(C)C)[nH]2)CC1. The summed E-state index contributed by atoms with van der Waals surface area (Å²) in [5.41, 5.74) is 1.36. The molecule has 98 valence electrons. The molecule has 0 atom stereocenters. The highest BCUT2D eigenvalue weighted by atomic mass is 15.3.